The summed E-state index contributed by atoms with van der Waals surface area (Å²) in [5, 5.41) is 3.30. The van der Waals surface area contributed by atoms with Gasteiger partial charge in [0.25, 0.3) is 0 Å². The number of hydrogen-bond acceptors (Lipinski definition) is 3. The molecule has 0 saturated heterocycles. The highest BCUT2D eigenvalue weighted by Crippen LogP contribution is 2.30. The molecule has 0 spiro atoms. The number of benzene rings is 2. The first-order valence-corrected chi connectivity index (χ1v) is 9.81. The molecule has 0 bridgehead atoms. The molecule has 0 atom stereocenters. The summed E-state index contributed by atoms with van der Waals surface area (Å²) in [6, 6.07) is 11.4. The average Bonchev–Trinajstić information content (AvgIpc) is 2.60. The number of hydrogen-bond donors (Lipinski definition) is 2. The van der Waals surface area contributed by atoms with Crippen molar-refractivity contribution in [3.8, 4) is 0 Å². The molecule has 0 aliphatic rings. The van der Waals surface area contributed by atoms with Crippen LogP contribution in [0.4, 0.5) is 18.9 Å². The number of halogens is 3. The number of amides is 1. The molecule has 0 radical (unpaired) electrons. The van der Waals surface area contributed by atoms with Crippen LogP contribution in [0.3, 0.4) is 0 Å². The van der Waals surface area contributed by atoms with Crippen molar-refractivity contribution in [1.82, 2.24) is 4.72 Å². The summed E-state index contributed by atoms with van der Waals surface area (Å²) in [7, 11) is -3.74. The first-order chi connectivity index (χ1) is 13.0. The van der Waals surface area contributed by atoms with Crippen LogP contribution in [0.5, 0.6) is 0 Å². The Hall–Kier alpha value is -2.65. The van der Waals surface area contributed by atoms with Crippen molar-refractivity contribution in [2.45, 2.75) is 19.5 Å². The Balaban J connectivity index is 1.85. The molecule has 150 valence electrons. The van der Waals surface area contributed by atoms with Crippen molar-refractivity contribution in [3.63, 3.8) is 0 Å². The normalized spacial score (nSPS) is 12.3. The van der Waals surface area contributed by atoms with Gasteiger partial charge in [0.15, 0.2) is 0 Å². The number of nitrogens with one attached hydrogen (secondary N) is 2. The number of sulfonamides is 1. The molecule has 0 aromatic heterocycles. The fraction of sp³-hybridized carbons (Fsp3) is 0.211. The Morgan fingerprint density at radius 3 is 2.43 bits per heavy atom. The maximum atomic E-state index is 12.7. The zero-order valence-corrected chi connectivity index (χ0v) is 15.8. The van der Waals surface area contributed by atoms with Gasteiger partial charge in [-0.05, 0) is 36.8 Å². The third-order valence-electron chi connectivity index (χ3n) is 3.65. The maximum absolute atomic E-state index is 12.7. The SMILES string of the molecule is Cc1ccc(/C=C/S(=O)(=O)NCCC(=O)Nc2cccc(C(F)(F)F)c2)cc1. The fourth-order valence-electron chi connectivity index (χ4n) is 2.20. The van der Waals surface area contributed by atoms with Gasteiger partial charge < -0.3 is 5.32 Å². The number of anilines is 1. The van der Waals surface area contributed by atoms with Gasteiger partial charge in [-0.15, -0.1) is 0 Å². The number of carbonyl (C=O) groups is 1. The van der Waals surface area contributed by atoms with E-state index in [9.17, 15) is 26.4 Å². The van der Waals surface area contributed by atoms with E-state index in [-0.39, 0.29) is 18.7 Å². The third kappa shape index (κ3) is 7.16. The minimum Gasteiger partial charge on any atom is -0.326 e. The van der Waals surface area contributed by atoms with Crippen molar-refractivity contribution in [3.05, 3.63) is 70.6 Å². The number of aryl methyl sites for hydroxylation is 1. The zero-order chi connectivity index (χ0) is 20.8. The maximum Gasteiger partial charge on any atom is 0.416 e. The van der Waals surface area contributed by atoms with Crippen LogP contribution in [0.25, 0.3) is 6.08 Å². The summed E-state index contributed by atoms with van der Waals surface area (Å²) >= 11 is 0. The Bertz CT molecular complexity index is 953. The molecule has 0 heterocycles. The Morgan fingerprint density at radius 1 is 1.11 bits per heavy atom. The highest BCUT2D eigenvalue weighted by atomic mass is 32.2. The van der Waals surface area contributed by atoms with Crippen LogP contribution in [-0.4, -0.2) is 20.9 Å². The van der Waals surface area contributed by atoms with Crippen molar-refractivity contribution >= 4 is 27.7 Å². The molecule has 0 fully saturated rings. The summed E-state index contributed by atoms with van der Waals surface area (Å²) in [4.78, 5) is 11.8. The van der Waals surface area contributed by atoms with Crippen molar-refractivity contribution < 1.29 is 26.4 Å². The Kier molecular flexibility index (Phi) is 6.98. The summed E-state index contributed by atoms with van der Waals surface area (Å²) < 4.78 is 64.0. The third-order valence-corrected chi connectivity index (χ3v) is 4.75. The lowest BCUT2D eigenvalue weighted by Crippen LogP contribution is -2.26. The smallest absolute Gasteiger partial charge is 0.326 e. The van der Waals surface area contributed by atoms with Crippen LogP contribution in [-0.2, 0) is 21.0 Å². The molecule has 2 aromatic carbocycles. The average molecular weight is 412 g/mol. The van der Waals surface area contributed by atoms with Gasteiger partial charge >= 0.3 is 6.18 Å². The lowest BCUT2D eigenvalue weighted by Gasteiger charge is -2.10. The second kappa shape index (κ2) is 9.03. The summed E-state index contributed by atoms with van der Waals surface area (Å²) in [5.41, 5.74) is 0.859. The molecule has 0 unspecified atom stereocenters. The largest absolute Gasteiger partial charge is 0.416 e. The molecule has 9 heteroatoms. The van der Waals surface area contributed by atoms with E-state index in [0.29, 0.717) is 5.56 Å². The van der Waals surface area contributed by atoms with Crippen molar-refractivity contribution in [2.24, 2.45) is 0 Å². The molecule has 0 aliphatic heterocycles. The van der Waals surface area contributed by atoms with Crippen molar-refractivity contribution in [2.75, 3.05) is 11.9 Å². The fourth-order valence-corrected chi connectivity index (χ4v) is 3.02. The molecule has 2 N–H and O–H groups in total. The lowest BCUT2D eigenvalue weighted by atomic mass is 10.2. The first kappa shape index (κ1) is 21.6. The number of alkyl halides is 3. The van der Waals surface area contributed by atoms with E-state index in [1.807, 2.05) is 19.1 Å². The van der Waals surface area contributed by atoms with E-state index in [0.717, 1.165) is 23.1 Å². The molecule has 2 aromatic rings. The van der Waals surface area contributed by atoms with Crippen LogP contribution in [0.2, 0.25) is 0 Å². The van der Waals surface area contributed by atoms with E-state index in [1.54, 1.807) is 12.1 Å². The highest BCUT2D eigenvalue weighted by Gasteiger charge is 2.30. The number of rotatable bonds is 7. The van der Waals surface area contributed by atoms with Gasteiger partial charge in [-0.2, -0.15) is 13.2 Å². The topological polar surface area (TPSA) is 75.3 Å². The van der Waals surface area contributed by atoms with Crippen LogP contribution in [0.15, 0.2) is 53.9 Å². The zero-order valence-electron chi connectivity index (χ0n) is 15.0. The quantitative estimate of drug-likeness (QED) is 0.724. The van der Waals surface area contributed by atoms with Gasteiger partial charge in [0.1, 0.15) is 0 Å². The predicted molar refractivity (Wildman–Crippen MR) is 102 cm³/mol. The van der Waals surface area contributed by atoms with Gasteiger partial charge in [0.05, 0.1) is 5.56 Å². The second-order valence-electron chi connectivity index (χ2n) is 6.03. The molecular formula is C19H19F3N2O3S. The molecule has 5 nitrogen and oxygen atoms in total. The predicted octanol–water partition coefficient (Wildman–Crippen LogP) is 3.93. The Labute approximate surface area is 161 Å². The van der Waals surface area contributed by atoms with E-state index in [4.69, 9.17) is 0 Å². The highest BCUT2D eigenvalue weighted by molar-refractivity contribution is 7.92. The second-order valence-corrected chi connectivity index (χ2v) is 7.68. The van der Waals surface area contributed by atoms with E-state index >= 15 is 0 Å². The van der Waals surface area contributed by atoms with Gasteiger partial charge in [0, 0.05) is 24.1 Å². The van der Waals surface area contributed by atoms with Crippen LogP contribution >= 0.6 is 0 Å². The monoisotopic (exact) mass is 412 g/mol. The molecular weight excluding hydrogens is 393 g/mol. The summed E-state index contributed by atoms with van der Waals surface area (Å²) in [6.45, 7) is 1.72. The Morgan fingerprint density at radius 2 is 1.79 bits per heavy atom. The van der Waals surface area contributed by atoms with Crippen molar-refractivity contribution in [1.29, 1.82) is 0 Å². The first-order valence-electron chi connectivity index (χ1n) is 8.27. The molecule has 1 amide bonds. The molecule has 28 heavy (non-hydrogen) atoms. The minimum atomic E-state index is -4.51. The summed E-state index contributed by atoms with van der Waals surface area (Å²) in [5.74, 6) is -0.607. The van der Waals surface area contributed by atoms with Gasteiger partial charge in [-0.1, -0.05) is 35.9 Å². The molecule has 2 rings (SSSR count). The van der Waals surface area contributed by atoms with E-state index < -0.39 is 27.7 Å². The number of carbonyl (C=O) groups excluding carboxylic acids is 1. The van der Waals surface area contributed by atoms with Gasteiger partial charge in [-0.3, -0.25) is 4.79 Å². The standard InChI is InChI=1S/C19H19F3N2O3S/c1-14-5-7-15(8-6-14)10-12-28(26,27)23-11-9-18(25)24-17-4-2-3-16(13-17)19(20,21)22/h2-8,10,12-13,23H,9,11H2,1H3,(H,24,25)/b12-10+. The van der Waals surface area contributed by atoms with Crippen LogP contribution in [0.1, 0.15) is 23.1 Å². The van der Waals surface area contributed by atoms with Gasteiger partial charge in [0.2, 0.25) is 15.9 Å². The molecule has 0 saturated carbocycles. The van der Waals surface area contributed by atoms with E-state index in [1.165, 1.54) is 18.2 Å². The van der Waals surface area contributed by atoms with Crippen LogP contribution < -0.4 is 10.0 Å². The summed E-state index contributed by atoms with van der Waals surface area (Å²) in [6.07, 6.45) is -3.32. The minimum absolute atomic E-state index is 0.0121. The van der Waals surface area contributed by atoms with Gasteiger partial charge in [-0.25, -0.2) is 13.1 Å². The molecule has 0 aliphatic carbocycles. The van der Waals surface area contributed by atoms with E-state index in [2.05, 4.69) is 10.0 Å². The lowest BCUT2D eigenvalue weighted by molar-refractivity contribution is -0.137. The van der Waals surface area contributed by atoms with Crippen LogP contribution in [0, 0.1) is 6.92 Å².